The number of piperidine rings is 1. The zero-order valence-corrected chi connectivity index (χ0v) is 14.5. The van der Waals surface area contributed by atoms with Crippen LogP contribution >= 0.6 is 0 Å². The smallest absolute Gasteiger partial charge is 0.233 e. The largest absolute Gasteiger partial charge is 0.356 e. The maximum absolute atomic E-state index is 14.2. The fraction of sp³-hybridized carbons (Fsp3) is 0.600. The summed E-state index contributed by atoms with van der Waals surface area (Å²) in [5.41, 5.74) is -0.183. The van der Waals surface area contributed by atoms with E-state index in [1.165, 1.54) is 18.9 Å². The van der Waals surface area contributed by atoms with Crippen molar-refractivity contribution in [2.45, 2.75) is 43.9 Å². The summed E-state index contributed by atoms with van der Waals surface area (Å²) < 4.78 is 14.2. The Morgan fingerprint density at radius 2 is 1.96 bits per heavy atom. The Morgan fingerprint density at radius 1 is 1.20 bits per heavy atom. The second-order valence-electron chi connectivity index (χ2n) is 7.84. The Hall–Kier alpha value is -1.91. The molecule has 1 heterocycles. The minimum absolute atomic E-state index is 0.00251. The van der Waals surface area contributed by atoms with Gasteiger partial charge in [-0.05, 0) is 50.5 Å². The van der Waals surface area contributed by atoms with E-state index in [0.29, 0.717) is 37.4 Å². The van der Waals surface area contributed by atoms with Crippen molar-refractivity contribution in [1.82, 2.24) is 10.2 Å². The Kier molecular flexibility index (Phi) is 4.26. The number of rotatable bonds is 5. The summed E-state index contributed by atoms with van der Waals surface area (Å²) in [6.45, 7) is 1.90. The van der Waals surface area contributed by atoms with Crippen LogP contribution in [0.15, 0.2) is 24.3 Å². The van der Waals surface area contributed by atoms with Crippen LogP contribution in [-0.2, 0) is 15.0 Å². The zero-order chi connectivity index (χ0) is 17.4. The van der Waals surface area contributed by atoms with Crippen molar-refractivity contribution in [3.8, 4) is 0 Å². The summed E-state index contributed by atoms with van der Waals surface area (Å²) in [7, 11) is 0. The first-order valence-corrected chi connectivity index (χ1v) is 9.42. The number of hydrogen-bond acceptors (Lipinski definition) is 2. The molecule has 1 aliphatic heterocycles. The van der Waals surface area contributed by atoms with E-state index in [0.717, 1.165) is 19.4 Å². The van der Waals surface area contributed by atoms with Gasteiger partial charge in [0.25, 0.3) is 0 Å². The molecular formula is C20H25FN2O2. The lowest BCUT2D eigenvalue weighted by molar-refractivity contribution is -0.138. The van der Waals surface area contributed by atoms with Crippen molar-refractivity contribution < 1.29 is 14.0 Å². The minimum atomic E-state index is -0.697. The number of benzene rings is 1. The highest BCUT2D eigenvalue weighted by atomic mass is 19.1. The first kappa shape index (κ1) is 16.6. The molecule has 25 heavy (non-hydrogen) atoms. The third kappa shape index (κ3) is 3.29. The van der Waals surface area contributed by atoms with Gasteiger partial charge in [-0.2, -0.15) is 0 Å². The van der Waals surface area contributed by atoms with Gasteiger partial charge in [-0.15, -0.1) is 0 Å². The number of halogens is 1. The fourth-order valence-corrected chi connectivity index (χ4v) is 3.96. The van der Waals surface area contributed by atoms with E-state index in [1.54, 1.807) is 23.1 Å². The summed E-state index contributed by atoms with van der Waals surface area (Å²) in [5.74, 6) is 0.287. The molecule has 1 atom stereocenters. The van der Waals surface area contributed by atoms with Crippen LogP contribution in [0.25, 0.3) is 0 Å². The highest BCUT2D eigenvalue weighted by molar-refractivity contribution is 5.92. The SMILES string of the molecule is O=C(NCC1CC1)[C@@H]1CCCN(C(=O)C2(c3ccccc3F)CC2)C1. The van der Waals surface area contributed by atoms with Gasteiger partial charge in [0, 0.05) is 25.2 Å². The van der Waals surface area contributed by atoms with Crippen molar-refractivity contribution in [2.24, 2.45) is 11.8 Å². The Labute approximate surface area is 147 Å². The van der Waals surface area contributed by atoms with Gasteiger partial charge in [0.2, 0.25) is 11.8 Å². The molecule has 0 spiro atoms. The molecule has 0 unspecified atom stereocenters. The molecule has 1 saturated heterocycles. The maximum Gasteiger partial charge on any atom is 0.233 e. The molecule has 0 bridgehead atoms. The molecule has 5 heteroatoms. The van der Waals surface area contributed by atoms with E-state index in [4.69, 9.17) is 0 Å². The molecule has 1 N–H and O–H groups in total. The number of amides is 2. The number of likely N-dealkylation sites (tertiary alicyclic amines) is 1. The maximum atomic E-state index is 14.2. The molecule has 1 aromatic rings. The van der Waals surface area contributed by atoms with E-state index in [-0.39, 0.29) is 23.5 Å². The van der Waals surface area contributed by atoms with Crippen molar-refractivity contribution in [1.29, 1.82) is 0 Å². The van der Waals surface area contributed by atoms with E-state index >= 15 is 0 Å². The first-order valence-electron chi connectivity index (χ1n) is 9.42. The number of carbonyl (C=O) groups is 2. The average Bonchev–Trinajstić information content (AvgIpc) is 3.54. The second-order valence-corrected chi connectivity index (χ2v) is 7.84. The van der Waals surface area contributed by atoms with Crippen molar-refractivity contribution in [2.75, 3.05) is 19.6 Å². The van der Waals surface area contributed by atoms with Crippen LogP contribution in [0.1, 0.15) is 44.1 Å². The van der Waals surface area contributed by atoms with E-state index < -0.39 is 5.41 Å². The number of hydrogen-bond donors (Lipinski definition) is 1. The number of nitrogens with one attached hydrogen (secondary N) is 1. The molecule has 2 aliphatic carbocycles. The summed E-state index contributed by atoms with van der Waals surface area (Å²) in [5, 5.41) is 3.03. The summed E-state index contributed by atoms with van der Waals surface area (Å²) in [4.78, 5) is 27.3. The van der Waals surface area contributed by atoms with Crippen LogP contribution < -0.4 is 5.32 Å². The standard InChI is InChI=1S/C20H25FN2O2/c21-17-6-2-1-5-16(17)20(9-10-20)19(25)23-11-3-4-15(13-23)18(24)22-12-14-7-8-14/h1-2,5-6,14-15H,3-4,7-13H2,(H,22,24)/t15-/m1/s1. The third-order valence-electron chi connectivity index (χ3n) is 5.89. The van der Waals surface area contributed by atoms with Crippen LogP contribution in [-0.4, -0.2) is 36.3 Å². The van der Waals surface area contributed by atoms with Crippen LogP contribution in [0.3, 0.4) is 0 Å². The highest BCUT2D eigenvalue weighted by Crippen LogP contribution is 2.50. The van der Waals surface area contributed by atoms with Crippen LogP contribution in [0.2, 0.25) is 0 Å². The molecule has 2 amide bonds. The summed E-state index contributed by atoms with van der Waals surface area (Å²) in [6, 6.07) is 6.59. The van der Waals surface area contributed by atoms with Crippen LogP contribution in [0.4, 0.5) is 4.39 Å². The van der Waals surface area contributed by atoms with Gasteiger partial charge in [0.05, 0.1) is 11.3 Å². The van der Waals surface area contributed by atoms with E-state index in [9.17, 15) is 14.0 Å². The molecule has 3 fully saturated rings. The summed E-state index contributed by atoms with van der Waals surface area (Å²) in [6.07, 6.45) is 5.47. The fourth-order valence-electron chi connectivity index (χ4n) is 3.96. The molecule has 4 rings (SSSR count). The quantitative estimate of drug-likeness (QED) is 0.893. The summed E-state index contributed by atoms with van der Waals surface area (Å²) >= 11 is 0. The van der Waals surface area contributed by atoms with Gasteiger partial charge >= 0.3 is 0 Å². The number of carbonyl (C=O) groups excluding carboxylic acids is 2. The van der Waals surface area contributed by atoms with Crippen molar-refractivity contribution in [3.63, 3.8) is 0 Å². The molecule has 3 aliphatic rings. The van der Waals surface area contributed by atoms with Crippen LogP contribution in [0, 0.1) is 17.7 Å². The molecule has 2 saturated carbocycles. The Balaban J connectivity index is 1.43. The van der Waals surface area contributed by atoms with Gasteiger partial charge in [0.1, 0.15) is 5.82 Å². The van der Waals surface area contributed by atoms with Gasteiger partial charge in [-0.25, -0.2) is 4.39 Å². The van der Waals surface area contributed by atoms with Crippen molar-refractivity contribution >= 4 is 11.8 Å². The monoisotopic (exact) mass is 344 g/mol. The Bertz CT molecular complexity index is 682. The molecule has 0 aromatic heterocycles. The number of nitrogens with zero attached hydrogens (tertiary/aromatic N) is 1. The molecule has 134 valence electrons. The van der Waals surface area contributed by atoms with Gasteiger partial charge < -0.3 is 10.2 Å². The molecule has 0 radical (unpaired) electrons. The predicted octanol–water partition coefficient (Wildman–Crippen LogP) is 2.62. The minimum Gasteiger partial charge on any atom is -0.356 e. The lowest BCUT2D eigenvalue weighted by Gasteiger charge is -2.34. The van der Waals surface area contributed by atoms with E-state index in [2.05, 4.69) is 5.32 Å². The first-order chi connectivity index (χ1) is 12.1. The normalized spacial score (nSPS) is 24.7. The molecular weight excluding hydrogens is 319 g/mol. The topological polar surface area (TPSA) is 49.4 Å². The highest BCUT2D eigenvalue weighted by Gasteiger charge is 2.54. The van der Waals surface area contributed by atoms with Gasteiger partial charge in [-0.1, -0.05) is 18.2 Å². The Morgan fingerprint density at radius 3 is 2.64 bits per heavy atom. The zero-order valence-electron chi connectivity index (χ0n) is 14.5. The van der Waals surface area contributed by atoms with Crippen LogP contribution in [0.5, 0.6) is 0 Å². The van der Waals surface area contributed by atoms with E-state index in [1.807, 2.05) is 0 Å². The molecule has 1 aromatic carbocycles. The lowest BCUT2D eigenvalue weighted by Crippen LogP contribution is -2.49. The molecule has 4 nitrogen and oxygen atoms in total. The average molecular weight is 344 g/mol. The predicted molar refractivity (Wildman–Crippen MR) is 92.3 cm³/mol. The lowest BCUT2D eigenvalue weighted by atomic mass is 9.90. The third-order valence-corrected chi connectivity index (χ3v) is 5.89. The van der Waals surface area contributed by atoms with Crippen molar-refractivity contribution in [3.05, 3.63) is 35.6 Å². The second kappa shape index (κ2) is 6.43. The van der Waals surface area contributed by atoms with Gasteiger partial charge in [-0.3, -0.25) is 9.59 Å². The van der Waals surface area contributed by atoms with Gasteiger partial charge in [0.15, 0.2) is 0 Å².